The van der Waals surface area contributed by atoms with Crippen LogP contribution in [-0.2, 0) is 17.8 Å². The number of fused-ring (bicyclic) bond motifs is 3. The standard InChI is InChI=1S/C32H28N6OS/c1-4-20-10-12-21(13-11-20)29-25(17-33)30(35)37-32(26(29)18-34)40-19(3)31(39)36-22-14-15-28-24(16-22)23-8-6-7-9-27(23)38(28)5-2/h6-16,19H,4-5H2,1-3H3,(H2,35,37)(H,36,39). The van der Waals surface area contributed by atoms with Gasteiger partial charge < -0.3 is 15.6 Å². The fraction of sp³-hybridized carbons (Fsp3) is 0.188. The highest BCUT2D eigenvalue weighted by molar-refractivity contribution is 8.00. The number of nitrogens with zero attached hydrogens (tertiary/aromatic N) is 4. The number of nitrogen functional groups attached to an aromatic ring is 1. The number of aryl methyl sites for hydroxylation is 2. The summed E-state index contributed by atoms with van der Waals surface area (Å²) in [6.45, 7) is 6.78. The van der Waals surface area contributed by atoms with Crippen LogP contribution in [0, 0.1) is 22.7 Å². The van der Waals surface area contributed by atoms with Gasteiger partial charge in [-0.3, -0.25) is 4.79 Å². The minimum atomic E-state index is -0.588. The predicted octanol–water partition coefficient (Wildman–Crippen LogP) is 6.88. The second kappa shape index (κ2) is 11.1. The zero-order chi connectivity index (χ0) is 28.4. The first-order valence-corrected chi connectivity index (χ1v) is 14.0. The van der Waals surface area contributed by atoms with E-state index in [0.717, 1.165) is 52.1 Å². The molecular formula is C32H28N6OS. The van der Waals surface area contributed by atoms with Crippen molar-refractivity contribution in [3.8, 4) is 23.3 Å². The number of carbonyl (C=O) groups excluding carboxylic acids is 1. The molecule has 2 heterocycles. The van der Waals surface area contributed by atoms with Gasteiger partial charge in [-0.15, -0.1) is 0 Å². The molecule has 40 heavy (non-hydrogen) atoms. The molecule has 0 radical (unpaired) electrons. The SMILES string of the molecule is CCc1ccc(-c2c(C#N)c(N)nc(SC(C)C(=O)Nc3ccc4c(c3)c3ccccc3n4CC)c2C#N)cc1. The molecule has 8 heteroatoms. The number of pyridine rings is 1. The lowest BCUT2D eigenvalue weighted by molar-refractivity contribution is -0.115. The van der Waals surface area contributed by atoms with Gasteiger partial charge in [-0.05, 0) is 55.7 Å². The van der Waals surface area contributed by atoms with E-state index in [2.05, 4.69) is 53.0 Å². The summed E-state index contributed by atoms with van der Waals surface area (Å²) >= 11 is 1.15. The van der Waals surface area contributed by atoms with Gasteiger partial charge in [0.2, 0.25) is 5.91 Å². The van der Waals surface area contributed by atoms with Crippen LogP contribution in [-0.4, -0.2) is 20.7 Å². The van der Waals surface area contributed by atoms with Gasteiger partial charge in [0.15, 0.2) is 0 Å². The Morgan fingerprint density at radius 2 is 1.70 bits per heavy atom. The number of anilines is 2. The molecule has 1 amide bonds. The van der Waals surface area contributed by atoms with Gasteiger partial charge in [0.25, 0.3) is 0 Å². The van der Waals surface area contributed by atoms with Crippen LogP contribution in [0.5, 0.6) is 0 Å². The summed E-state index contributed by atoms with van der Waals surface area (Å²) in [6.07, 6.45) is 0.871. The largest absolute Gasteiger partial charge is 0.383 e. The second-order valence-electron chi connectivity index (χ2n) is 9.44. The van der Waals surface area contributed by atoms with Crippen LogP contribution in [0.2, 0.25) is 0 Å². The topological polar surface area (TPSA) is 121 Å². The first-order chi connectivity index (χ1) is 19.4. The monoisotopic (exact) mass is 544 g/mol. The lowest BCUT2D eigenvalue weighted by atomic mass is 9.96. The van der Waals surface area contributed by atoms with Gasteiger partial charge in [0.1, 0.15) is 28.5 Å². The third-order valence-corrected chi connectivity index (χ3v) is 8.17. The molecule has 0 aliphatic heterocycles. The van der Waals surface area contributed by atoms with Crippen molar-refractivity contribution >= 4 is 51.0 Å². The molecule has 0 saturated carbocycles. The van der Waals surface area contributed by atoms with Crippen LogP contribution in [0.25, 0.3) is 32.9 Å². The molecule has 2 aromatic heterocycles. The molecule has 5 aromatic rings. The van der Waals surface area contributed by atoms with Crippen molar-refractivity contribution in [2.45, 2.75) is 44.0 Å². The molecule has 0 spiro atoms. The molecule has 5 rings (SSSR count). The Morgan fingerprint density at radius 1 is 1.00 bits per heavy atom. The normalized spacial score (nSPS) is 11.7. The molecule has 3 N–H and O–H groups in total. The van der Waals surface area contributed by atoms with Gasteiger partial charge in [0.05, 0.1) is 10.8 Å². The number of amides is 1. The van der Waals surface area contributed by atoms with Crippen LogP contribution >= 0.6 is 11.8 Å². The summed E-state index contributed by atoms with van der Waals surface area (Å²) in [7, 11) is 0. The predicted molar refractivity (Wildman–Crippen MR) is 162 cm³/mol. The zero-order valence-electron chi connectivity index (χ0n) is 22.5. The Morgan fingerprint density at radius 3 is 2.38 bits per heavy atom. The summed E-state index contributed by atoms with van der Waals surface area (Å²) in [4.78, 5) is 17.6. The minimum absolute atomic E-state index is 0.0314. The molecule has 3 aromatic carbocycles. The highest BCUT2D eigenvalue weighted by Crippen LogP contribution is 2.37. The molecule has 1 atom stereocenters. The van der Waals surface area contributed by atoms with E-state index in [1.807, 2.05) is 54.6 Å². The third kappa shape index (κ3) is 4.75. The van der Waals surface area contributed by atoms with E-state index in [1.54, 1.807) is 6.92 Å². The van der Waals surface area contributed by atoms with Crippen molar-refractivity contribution < 1.29 is 4.79 Å². The van der Waals surface area contributed by atoms with Crippen LogP contribution in [0.4, 0.5) is 11.5 Å². The maximum atomic E-state index is 13.3. The van der Waals surface area contributed by atoms with Crippen LogP contribution in [0.15, 0.2) is 71.8 Å². The summed E-state index contributed by atoms with van der Waals surface area (Å²) in [5, 5.41) is 24.9. The van der Waals surface area contributed by atoms with Gasteiger partial charge in [-0.2, -0.15) is 10.5 Å². The first-order valence-electron chi connectivity index (χ1n) is 13.1. The number of aromatic nitrogens is 2. The minimum Gasteiger partial charge on any atom is -0.383 e. The van der Waals surface area contributed by atoms with Crippen molar-refractivity contribution in [2.24, 2.45) is 0 Å². The van der Waals surface area contributed by atoms with Crippen molar-refractivity contribution in [1.82, 2.24) is 9.55 Å². The number of rotatable bonds is 7. The number of hydrogen-bond donors (Lipinski definition) is 2. The number of nitriles is 2. The zero-order valence-corrected chi connectivity index (χ0v) is 23.3. The molecule has 0 aliphatic carbocycles. The van der Waals surface area contributed by atoms with E-state index >= 15 is 0 Å². The van der Waals surface area contributed by atoms with Gasteiger partial charge >= 0.3 is 0 Å². The summed E-state index contributed by atoms with van der Waals surface area (Å²) in [6, 6.07) is 26.2. The number of thioether (sulfide) groups is 1. The van der Waals surface area contributed by atoms with E-state index in [4.69, 9.17) is 5.73 Å². The third-order valence-electron chi connectivity index (χ3n) is 7.08. The van der Waals surface area contributed by atoms with E-state index in [9.17, 15) is 15.3 Å². The molecule has 0 bridgehead atoms. The second-order valence-corrected chi connectivity index (χ2v) is 10.8. The lowest BCUT2D eigenvalue weighted by Crippen LogP contribution is -2.22. The number of carbonyl (C=O) groups is 1. The Hall–Kier alpha value is -4.79. The summed E-state index contributed by atoms with van der Waals surface area (Å²) < 4.78 is 2.26. The van der Waals surface area contributed by atoms with Crippen LogP contribution in [0.3, 0.4) is 0 Å². The lowest BCUT2D eigenvalue weighted by Gasteiger charge is -2.16. The molecular weight excluding hydrogens is 516 g/mol. The Labute approximate surface area is 237 Å². The Kier molecular flexibility index (Phi) is 7.46. The molecule has 0 saturated heterocycles. The van der Waals surface area contributed by atoms with Crippen molar-refractivity contribution in [3.63, 3.8) is 0 Å². The number of nitrogens with one attached hydrogen (secondary N) is 1. The Balaban J connectivity index is 1.45. The number of hydrogen-bond acceptors (Lipinski definition) is 6. The first kappa shape index (κ1) is 26.8. The van der Waals surface area contributed by atoms with Gasteiger partial charge in [-0.25, -0.2) is 4.98 Å². The fourth-order valence-electron chi connectivity index (χ4n) is 5.02. The molecule has 7 nitrogen and oxygen atoms in total. The quantitative estimate of drug-likeness (QED) is 0.215. The van der Waals surface area contributed by atoms with Crippen molar-refractivity contribution in [2.75, 3.05) is 11.1 Å². The van der Waals surface area contributed by atoms with E-state index < -0.39 is 5.25 Å². The number of benzene rings is 3. The highest BCUT2D eigenvalue weighted by atomic mass is 32.2. The molecule has 0 fully saturated rings. The number of para-hydroxylation sites is 1. The van der Waals surface area contributed by atoms with Crippen molar-refractivity contribution in [1.29, 1.82) is 10.5 Å². The summed E-state index contributed by atoms with van der Waals surface area (Å²) in [5.41, 5.74) is 11.8. The van der Waals surface area contributed by atoms with E-state index in [0.29, 0.717) is 21.8 Å². The maximum Gasteiger partial charge on any atom is 0.237 e. The van der Waals surface area contributed by atoms with Crippen LogP contribution in [0.1, 0.15) is 37.5 Å². The highest BCUT2D eigenvalue weighted by Gasteiger charge is 2.24. The summed E-state index contributed by atoms with van der Waals surface area (Å²) in [5.74, 6) is -0.199. The number of nitrogens with two attached hydrogens (primary N) is 1. The van der Waals surface area contributed by atoms with Crippen molar-refractivity contribution in [3.05, 3.63) is 83.4 Å². The Bertz CT molecular complexity index is 1840. The average molecular weight is 545 g/mol. The molecule has 1 unspecified atom stereocenters. The average Bonchev–Trinajstić information content (AvgIpc) is 3.29. The van der Waals surface area contributed by atoms with Crippen LogP contribution < -0.4 is 11.1 Å². The van der Waals surface area contributed by atoms with E-state index in [1.165, 1.54) is 0 Å². The molecule has 0 aliphatic rings. The van der Waals surface area contributed by atoms with Gasteiger partial charge in [0, 0.05) is 39.6 Å². The smallest absolute Gasteiger partial charge is 0.237 e. The molecule has 198 valence electrons. The fourth-order valence-corrected chi connectivity index (χ4v) is 5.93. The maximum absolute atomic E-state index is 13.3. The van der Waals surface area contributed by atoms with Gasteiger partial charge in [-0.1, -0.05) is 61.2 Å². The van der Waals surface area contributed by atoms with E-state index in [-0.39, 0.29) is 22.9 Å².